The van der Waals surface area contributed by atoms with Crippen LogP contribution < -0.4 is 0 Å². The van der Waals surface area contributed by atoms with Crippen LogP contribution in [0.4, 0.5) is 0 Å². The van der Waals surface area contributed by atoms with Gasteiger partial charge in [0.25, 0.3) is 0 Å². The Morgan fingerprint density at radius 2 is 1.93 bits per heavy atom. The van der Waals surface area contributed by atoms with Crippen LogP contribution in [0.15, 0.2) is 30.5 Å². The van der Waals surface area contributed by atoms with Crippen molar-refractivity contribution >= 4 is 45.0 Å². The lowest BCUT2D eigenvalue weighted by Gasteiger charge is -1.92. The minimum Gasteiger partial charge on any atom is -0.352 e. The number of aromatic nitrogens is 2. The van der Waals surface area contributed by atoms with Gasteiger partial charge in [0.1, 0.15) is 0 Å². The fraction of sp³-hybridized carbons (Fsp3) is 0. The Labute approximate surface area is 95.8 Å². The molecule has 0 aliphatic carbocycles. The van der Waals surface area contributed by atoms with Crippen LogP contribution in [-0.2, 0) is 0 Å². The molecule has 0 atom stereocenters. The smallest absolute Gasteiger partial charge is 0.153 e. The van der Waals surface area contributed by atoms with E-state index in [0.29, 0.717) is 5.15 Å². The Kier molecular flexibility index (Phi) is 1.87. The second kappa shape index (κ2) is 3.12. The number of hydrogen-bond donors (Lipinski definition) is 1. The molecule has 2 aromatic heterocycles. The predicted molar refractivity (Wildman–Crippen MR) is 63.6 cm³/mol. The van der Waals surface area contributed by atoms with E-state index in [0.717, 1.165) is 26.8 Å². The number of aromatic amines is 1. The first-order valence-electron chi connectivity index (χ1n) is 4.47. The van der Waals surface area contributed by atoms with Gasteiger partial charge in [-0.25, -0.2) is 4.98 Å². The van der Waals surface area contributed by atoms with Gasteiger partial charge in [0, 0.05) is 27.5 Å². The molecule has 0 bridgehead atoms. The molecular formula is C11H6Cl2N2. The summed E-state index contributed by atoms with van der Waals surface area (Å²) in [7, 11) is 0. The van der Waals surface area contributed by atoms with E-state index in [2.05, 4.69) is 9.97 Å². The van der Waals surface area contributed by atoms with Gasteiger partial charge in [-0.2, -0.15) is 0 Å². The zero-order chi connectivity index (χ0) is 10.4. The first-order chi connectivity index (χ1) is 7.25. The van der Waals surface area contributed by atoms with Gasteiger partial charge in [-0.05, 0) is 24.3 Å². The molecule has 3 rings (SSSR count). The van der Waals surface area contributed by atoms with Gasteiger partial charge in [0.05, 0.1) is 5.52 Å². The molecule has 74 valence electrons. The van der Waals surface area contributed by atoms with E-state index in [1.165, 1.54) is 0 Å². The molecule has 0 saturated heterocycles. The van der Waals surface area contributed by atoms with Crippen molar-refractivity contribution in [1.29, 1.82) is 0 Å². The third-order valence-corrected chi connectivity index (χ3v) is 2.96. The van der Waals surface area contributed by atoms with Crippen LogP contribution in [0.3, 0.4) is 0 Å². The largest absolute Gasteiger partial charge is 0.352 e. The first-order valence-corrected chi connectivity index (χ1v) is 5.23. The average Bonchev–Trinajstić information content (AvgIpc) is 2.58. The Hall–Kier alpha value is -1.25. The predicted octanol–water partition coefficient (Wildman–Crippen LogP) is 4.02. The molecule has 2 heterocycles. The summed E-state index contributed by atoms with van der Waals surface area (Å²) in [6.07, 6.45) is 1.69. The lowest BCUT2D eigenvalue weighted by molar-refractivity contribution is 1.35. The van der Waals surface area contributed by atoms with Crippen molar-refractivity contribution < 1.29 is 0 Å². The fourth-order valence-electron chi connectivity index (χ4n) is 1.76. The Bertz CT molecular complexity index is 658. The van der Waals surface area contributed by atoms with Crippen molar-refractivity contribution in [3.05, 3.63) is 40.6 Å². The molecular weight excluding hydrogens is 231 g/mol. The summed E-state index contributed by atoms with van der Waals surface area (Å²) < 4.78 is 0. The van der Waals surface area contributed by atoms with E-state index in [4.69, 9.17) is 23.2 Å². The molecule has 0 spiro atoms. The molecule has 0 radical (unpaired) electrons. The topological polar surface area (TPSA) is 28.7 Å². The number of H-pyrrole nitrogens is 1. The molecule has 15 heavy (non-hydrogen) atoms. The van der Waals surface area contributed by atoms with Crippen molar-refractivity contribution in [1.82, 2.24) is 9.97 Å². The molecule has 0 amide bonds. The van der Waals surface area contributed by atoms with Gasteiger partial charge < -0.3 is 4.98 Å². The maximum absolute atomic E-state index is 5.99. The Morgan fingerprint density at radius 3 is 2.80 bits per heavy atom. The summed E-state index contributed by atoms with van der Waals surface area (Å²) in [6.45, 7) is 0. The highest BCUT2D eigenvalue weighted by Gasteiger charge is 2.07. The van der Waals surface area contributed by atoms with E-state index in [-0.39, 0.29) is 0 Å². The lowest BCUT2D eigenvalue weighted by atomic mass is 10.2. The van der Waals surface area contributed by atoms with Crippen LogP contribution in [0.25, 0.3) is 21.8 Å². The maximum Gasteiger partial charge on any atom is 0.153 e. The number of fused-ring (bicyclic) bond motifs is 3. The van der Waals surface area contributed by atoms with Crippen LogP contribution >= 0.6 is 23.2 Å². The highest BCUT2D eigenvalue weighted by molar-refractivity contribution is 6.35. The molecule has 3 aromatic rings. The number of nitrogens with zero attached hydrogens (tertiary/aromatic N) is 1. The van der Waals surface area contributed by atoms with E-state index in [1.807, 2.05) is 24.3 Å². The van der Waals surface area contributed by atoms with Gasteiger partial charge >= 0.3 is 0 Å². The zero-order valence-corrected chi connectivity index (χ0v) is 9.10. The van der Waals surface area contributed by atoms with Crippen molar-refractivity contribution in [3.8, 4) is 0 Å². The quantitative estimate of drug-likeness (QED) is 0.587. The summed E-state index contributed by atoms with van der Waals surface area (Å²) in [5.74, 6) is 0. The number of nitrogens with one attached hydrogen (secondary N) is 1. The second-order valence-corrected chi connectivity index (χ2v) is 4.13. The maximum atomic E-state index is 5.99. The fourth-order valence-corrected chi connectivity index (χ4v) is 2.14. The summed E-state index contributed by atoms with van der Waals surface area (Å²) >= 11 is 11.9. The van der Waals surface area contributed by atoms with Gasteiger partial charge in [-0.1, -0.05) is 23.2 Å². The van der Waals surface area contributed by atoms with Gasteiger partial charge in [-0.3, -0.25) is 0 Å². The summed E-state index contributed by atoms with van der Waals surface area (Å²) in [6, 6.07) is 7.64. The van der Waals surface area contributed by atoms with Gasteiger partial charge in [-0.15, -0.1) is 0 Å². The molecule has 0 fully saturated rings. The van der Waals surface area contributed by atoms with Crippen LogP contribution in [0.1, 0.15) is 0 Å². The van der Waals surface area contributed by atoms with Crippen LogP contribution in [0.5, 0.6) is 0 Å². The molecule has 1 N–H and O–H groups in total. The van der Waals surface area contributed by atoms with E-state index in [1.54, 1.807) is 6.20 Å². The highest BCUT2D eigenvalue weighted by Crippen LogP contribution is 2.30. The van der Waals surface area contributed by atoms with Gasteiger partial charge in [0.2, 0.25) is 0 Å². The molecule has 0 aliphatic rings. The van der Waals surface area contributed by atoms with Crippen LogP contribution in [0, 0.1) is 0 Å². The number of pyridine rings is 1. The zero-order valence-electron chi connectivity index (χ0n) is 7.59. The molecule has 4 heteroatoms. The Balaban J connectivity index is 2.58. The number of hydrogen-bond acceptors (Lipinski definition) is 1. The van der Waals surface area contributed by atoms with Crippen LogP contribution in [-0.4, -0.2) is 9.97 Å². The van der Waals surface area contributed by atoms with E-state index in [9.17, 15) is 0 Å². The summed E-state index contributed by atoms with van der Waals surface area (Å²) in [5.41, 5.74) is 1.88. The Morgan fingerprint density at radius 1 is 1.07 bits per heavy atom. The van der Waals surface area contributed by atoms with Crippen molar-refractivity contribution in [2.45, 2.75) is 0 Å². The molecule has 0 unspecified atom stereocenters. The van der Waals surface area contributed by atoms with Crippen LogP contribution in [0.2, 0.25) is 10.2 Å². The normalized spacial score (nSPS) is 11.3. The molecule has 0 aliphatic heterocycles. The van der Waals surface area contributed by atoms with Crippen molar-refractivity contribution in [2.75, 3.05) is 0 Å². The van der Waals surface area contributed by atoms with E-state index >= 15 is 0 Å². The number of rotatable bonds is 0. The monoisotopic (exact) mass is 236 g/mol. The molecule has 1 aromatic carbocycles. The third-order valence-electron chi connectivity index (χ3n) is 2.44. The van der Waals surface area contributed by atoms with Crippen molar-refractivity contribution in [2.24, 2.45) is 0 Å². The molecule has 2 nitrogen and oxygen atoms in total. The van der Waals surface area contributed by atoms with E-state index < -0.39 is 0 Å². The van der Waals surface area contributed by atoms with Gasteiger partial charge in [0.15, 0.2) is 5.15 Å². The molecule has 0 saturated carbocycles. The summed E-state index contributed by atoms with van der Waals surface area (Å²) in [4.78, 5) is 7.25. The van der Waals surface area contributed by atoms with Crippen molar-refractivity contribution in [3.63, 3.8) is 0 Å². The lowest BCUT2D eigenvalue weighted by Crippen LogP contribution is -1.74. The SMILES string of the molecule is Clc1ccc2[nH]c3c(Cl)nccc3c2c1. The second-order valence-electron chi connectivity index (χ2n) is 3.34. The third kappa shape index (κ3) is 1.29. The number of halogens is 2. The minimum absolute atomic E-state index is 0.486. The average molecular weight is 237 g/mol. The number of benzene rings is 1. The minimum atomic E-state index is 0.486. The highest BCUT2D eigenvalue weighted by atomic mass is 35.5. The first kappa shape index (κ1) is 9.01. The summed E-state index contributed by atoms with van der Waals surface area (Å²) in [5, 5.41) is 3.32. The standard InChI is InChI=1S/C11H6Cl2N2/c12-6-1-2-9-8(5-6)7-3-4-14-11(13)10(7)15-9/h1-5,15H.